The van der Waals surface area contributed by atoms with E-state index in [1.54, 1.807) is 0 Å². The normalized spacial score (nSPS) is 16.3. The molecule has 0 aliphatic heterocycles. The Hall–Kier alpha value is -2.55. The average Bonchev–Trinajstić information content (AvgIpc) is 3.07. The maximum Gasteiger partial charge on any atom is 0.408 e. The summed E-state index contributed by atoms with van der Waals surface area (Å²) < 4.78 is 72.1. The summed E-state index contributed by atoms with van der Waals surface area (Å²) in [6, 6.07) is 6.54. The smallest absolute Gasteiger partial charge is 0.408 e. The molecule has 2 aromatic rings. The Bertz CT molecular complexity index is 829. The Kier molecular flexibility index (Phi) is 4.73. The lowest BCUT2D eigenvalue weighted by Gasteiger charge is -2.15. The number of methoxy groups -OCH3 is 1. The summed E-state index contributed by atoms with van der Waals surface area (Å²) in [7, 11) is 1.03. The minimum absolute atomic E-state index is 0.0499. The number of carbonyl (C=O) groups is 1. The van der Waals surface area contributed by atoms with Gasteiger partial charge in [0.15, 0.2) is 6.10 Å². The molecule has 1 N–H and O–H groups in total. The minimum atomic E-state index is -4.62. The van der Waals surface area contributed by atoms with Gasteiger partial charge in [-0.2, -0.15) is 18.3 Å². The van der Waals surface area contributed by atoms with E-state index in [1.807, 2.05) is 0 Å². The van der Waals surface area contributed by atoms with Crippen LogP contribution in [0.3, 0.4) is 0 Å². The van der Waals surface area contributed by atoms with Crippen molar-refractivity contribution in [3.05, 3.63) is 47.8 Å². The van der Waals surface area contributed by atoms with Gasteiger partial charge in [-0.05, 0) is 17.7 Å². The van der Waals surface area contributed by atoms with Gasteiger partial charge < -0.3 is 14.6 Å². The third-order valence-corrected chi connectivity index (χ3v) is 3.01. The van der Waals surface area contributed by atoms with E-state index in [4.69, 9.17) is 8.85 Å². The van der Waals surface area contributed by atoms with Crippen LogP contribution >= 0.6 is 0 Å². The molecule has 2 rings (SSSR count). The topological polar surface area (TPSA) is 73.6 Å². The van der Waals surface area contributed by atoms with E-state index in [0.717, 1.165) is 19.4 Å². The van der Waals surface area contributed by atoms with Crippen molar-refractivity contribution < 1.29 is 36.7 Å². The quantitative estimate of drug-likeness (QED) is 0.765. The molecule has 0 bridgehead atoms. The Morgan fingerprint density at radius 3 is 2.80 bits per heavy atom. The fourth-order valence-electron chi connectivity index (χ4n) is 1.89. The van der Waals surface area contributed by atoms with Crippen LogP contribution < -0.4 is 4.74 Å². The Balaban J connectivity index is 2.33. The van der Waals surface area contributed by atoms with Gasteiger partial charge in [-0.15, -0.1) is 0 Å². The number of para-hydroxylation sites is 1. The molecule has 1 aromatic carbocycles. The van der Waals surface area contributed by atoms with Crippen LogP contribution in [0.5, 0.6) is 5.75 Å². The van der Waals surface area contributed by atoms with E-state index in [-0.39, 0.29) is 11.3 Å². The van der Waals surface area contributed by atoms with E-state index in [2.05, 4.69) is 9.84 Å². The number of ether oxygens (including phenoxy) is 2. The molecule has 9 heteroatoms. The van der Waals surface area contributed by atoms with Crippen LogP contribution in [0.4, 0.5) is 13.2 Å². The Labute approximate surface area is 146 Å². The van der Waals surface area contributed by atoms with Crippen LogP contribution in [0.2, 0.25) is 0 Å². The molecule has 0 spiro atoms. The molecular weight excluding hydrogens is 341 g/mol. The van der Waals surface area contributed by atoms with Crippen LogP contribution in [0.25, 0.3) is 0 Å². The number of nitrogens with zero attached hydrogens (tertiary/aromatic N) is 2. The standard InChI is InChI=1S/C16H17F3N2O4/c1-24-15(23)13(22)8-11-4-2-3-5-14(11)25-9-12-6-7-20-21(12)10-16(17,18)19/h2-7,13,22H,8-10H2,1H3/t13-/m1/s1/i8D,9D2/t8-,13-. The van der Waals surface area contributed by atoms with Gasteiger partial charge in [0, 0.05) is 14.0 Å². The summed E-state index contributed by atoms with van der Waals surface area (Å²) in [5.41, 5.74) is -0.541. The molecule has 0 aliphatic carbocycles. The summed E-state index contributed by atoms with van der Waals surface area (Å²) in [6.45, 7) is -4.25. The highest BCUT2D eigenvalue weighted by atomic mass is 19.4. The number of rotatable bonds is 7. The van der Waals surface area contributed by atoms with Crippen molar-refractivity contribution in [3.8, 4) is 5.75 Å². The first kappa shape index (κ1) is 14.8. The highest BCUT2D eigenvalue weighted by Crippen LogP contribution is 2.22. The van der Waals surface area contributed by atoms with E-state index in [0.29, 0.717) is 4.68 Å². The van der Waals surface area contributed by atoms with Gasteiger partial charge in [-0.3, -0.25) is 4.68 Å². The number of halogens is 3. The largest absolute Gasteiger partial charge is 0.487 e. The van der Waals surface area contributed by atoms with Crippen molar-refractivity contribution in [2.75, 3.05) is 7.11 Å². The molecule has 0 saturated heterocycles. The molecular formula is C16H17F3N2O4. The lowest BCUT2D eigenvalue weighted by Crippen LogP contribution is -2.24. The third kappa shape index (κ3) is 5.49. The van der Waals surface area contributed by atoms with Crippen molar-refractivity contribution in [1.29, 1.82) is 0 Å². The molecule has 136 valence electrons. The zero-order valence-corrected chi connectivity index (χ0v) is 13.0. The zero-order valence-electron chi connectivity index (χ0n) is 16.0. The maximum absolute atomic E-state index is 12.7. The first-order valence-electron chi connectivity index (χ1n) is 8.59. The van der Waals surface area contributed by atoms with Gasteiger partial charge in [0.1, 0.15) is 18.9 Å². The van der Waals surface area contributed by atoms with Crippen LogP contribution in [0, 0.1) is 0 Å². The maximum atomic E-state index is 12.7. The molecule has 2 atom stereocenters. The first-order valence-corrected chi connectivity index (χ1v) is 7.01. The molecule has 0 saturated carbocycles. The number of aromatic nitrogens is 2. The number of alkyl halides is 3. The van der Waals surface area contributed by atoms with Gasteiger partial charge in [-0.1, -0.05) is 18.2 Å². The molecule has 0 unspecified atom stereocenters. The molecule has 1 aromatic heterocycles. The molecule has 0 fully saturated rings. The third-order valence-electron chi connectivity index (χ3n) is 3.01. The molecule has 0 radical (unpaired) electrons. The molecule has 0 amide bonds. The summed E-state index contributed by atoms with van der Waals surface area (Å²) in [5.74, 6) is -1.30. The van der Waals surface area contributed by atoms with E-state index in [9.17, 15) is 23.1 Å². The molecule has 25 heavy (non-hydrogen) atoms. The summed E-state index contributed by atoms with van der Waals surface area (Å²) >= 11 is 0. The second-order valence-electron chi connectivity index (χ2n) is 4.87. The lowest BCUT2D eigenvalue weighted by atomic mass is 10.1. The van der Waals surface area contributed by atoms with Crippen LogP contribution in [-0.2, 0) is 29.0 Å². The van der Waals surface area contributed by atoms with Crippen LogP contribution in [0.1, 0.15) is 15.4 Å². The van der Waals surface area contributed by atoms with Gasteiger partial charge >= 0.3 is 12.1 Å². The number of hydrogen-bond donors (Lipinski definition) is 1. The van der Waals surface area contributed by atoms with Crippen LogP contribution in [-0.4, -0.2) is 40.2 Å². The summed E-state index contributed by atoms with van der Waals surface area (Å²) in [6.07, 6.45) is -7.05. The monoisotopic (exact) mass is 361 g/mol. The second kappa shape index (κ2) is 8.02. The first-order chi connectivity index (χ1) is 13.0. The van der Waals surface area contributed by atoms with Gasteiger partial charge in [-0.25, -0.2) is 4.79 Å². The molecule has 6 nitrogen and oxygen atoms in total. The highest BCUT2D eigenvalue weighted by molar-refractivity contribution is 5.74. The van der Waals surface area contributed by atoms with Crippen molar-refractivity contribution in [2.45, 2.75) is 31.8 Å². The predicted octanol–water partition coefficient (Wildman–Crippen LogP) is 2.10. The minimum Gasteiger partial charge on any atom is -0.487 e. The summed E-state index contributed by atoms with van der Waals surface area (Å²) in [5, 5.41) is 13.3. The second-order valence-corrected chi connectivity index (χ2v) is 4.87. The lowest BCUT2D eigenvalue weighted by molar-refractivity contribution is -0.150. The Morgan fingerprint density at radius 2 is 2.12 bits per heavy atom. The zero-order chi connectivity index (χ0) is 21.1. The average molecular weight is 361 g/mol. The summed E-state index contributed by atoms with van der Waals surface area (Å²) in [4.78, 5) is 11.5. The van der Waals surface area contributed by atoms with Gasteiger partial charge in [0.05, 0.1) is 15.5 Å². The predicted molar refractivity (Wildman–Crippen MR) is 80.8 cm³/mol. The number of aliphatic hydroxyl groups excluding tert-OH is 1. The van der Waals surface area contributed by atoms with E-state index < -0.39 is 43.4 Å². The van der Waals surface area contributed by atoms with Crippen molar-refractivity contribution in [1.82, 2.24) is 9.78 Å². The van der Waals surface area contributed by atoms with Gasteiger partial charge in [0.2, 0.25) is 0 Å². The Morgan fingerprint density at radius 1 is 1.40 bits per heavy atom. The molecule has 1 heterocycles. The van der Waals surface area contributed by atoms with E-state index in [1.165, 1.54) is 24.3 Å². The number of benzene rings is 1. The molecule has 0 aliphatic rings. The van der Waals surface area contributed by atoms with Crippen molar-refractivity contribution in [2.24, 2.45) is 0 Å². The fraction of sp³-hybridized carbons (Fsp3) is 0.375. The number of hydrogen-bond acceptors (Lipinski definition) is 5. The van der Waals surface area contributed by atoms with Crippen molar-refractivity contribution in [3.63, 3.8) is 0 Å². The van der Waals surface area contributed by atoms with Gasteiger partial charge in [0.25, 0.3) is 0 Å². The van der Waals surface area contributed by atoms with E-state index >= 15 is 0 Å². The fourth-order valence-corrected chi connectivity index (χ4v) is 1.89. The van der Waals surface area contributed by atoms with Crippen molar-refractivity contribution >= 4 is 5.97 Å². The number of esters is 1. The SMILES string of the molecule is [2H][C@H](c1ccccc1OC([2H])([2H])c1ccnn1CC(F)(F)F)[C@@H](O)C(=O)OC. The number of carbonyl (C=O) groups excluding carboxylic acids is 1. The van der Waals surface area contributed by atoms with Crippen LogP contribution in [0.15, 0.2) is 36.5 Å². The number of aliphatic hydroxyl groups is 1. The highest BCUT2D eigenvalue weighted by Gasteiger charge is 2.29.